The van der Waals surface area contributed by atoms with Crippen molar-refractivity contribution in [3.05, 3.63) is 24.7 Å². The molecule has 0 saturated carbocycles. The molecule has 2 rings (SSSR count). The van der Waals surface area contributed by atoms with Crippen molar-refractivity contribution in [2.45, 2.75) is 13.0 Å². The van der Waals surface area contributed by atoms with Crippen LogP contribution in [-0.2, 0) is 11.3 Å². The highest BCUT2D eigenvalue weighted by atomic mass is 32.1. The molecule has 110 valence electrons. The molecule has 0 aromatic carbocycles. The van der Waals surface area contributed by atoms with Crippen molar-refractivity contribution in [3.8, 4) is 10.7 Å². The van der Waals surface area contributed by atoms with Gasteiger partial charge in [-0.15, -0.1) is 0 Å². The molecule has 0 unspecified atom stereocenters. The molecule has 2 aromatic rings. The van der Waals surface area contributed by atoms with E-state index in [9.17, 15) is 13.6 Å². The summed E-state index contributed by atoms with van der Waals surface area (Å²) < 4.78 is 24.7. The van der Waals surface area contributed by atoms with E-state index in [-0.39, 0.29) is 6.42 Å². The summed E-state index contributed by atoms with van der Waals surface area (Å²) in [7, 11) is 1.00. The van der Waals surface area contributed by atoms with Crippen molar-refractivity contribution in [1.82, 2.24) is 14.5 Å². The normalized spacial score (nSPS) is 8.80. The largest absolute Gasteiger partial charge is 0.481 e. The number of carboxylic acids is 1. The van der Waals surface area contributed by atoms with Gasteiger partial charge in [-0.05, 0) is 6.07 Å². The van der Waals surface area contributed by atoms with Crippen molar-refractivity contribution >= 4 is 17.5 Å². The first-order valence-electron chi connectivity index (χ1n) is 5.37. The maximum Gasteiger partial charge on any atom is 0.309 e. The molecule has 0 saturated heterocycles. The first-order chi connectivity index (χ1) is 9.75. The first-order valence-corrected chi connectivity index (χ1v) is 6.14. The summed E-state index contributed by atoms with van der Waals surface area (Å²) in [5.41, 5.74) is 0. The summed E-state index contributed by atoms with van der Waals surface area (Å²) in [6.45, 7) is 0.360. The molecular weight excluding hydrogens is 290 g/mol. The standard InChI is InChI=1S/C9H8N4O2S.2CH3F/c14-8(15)2-5-13-6-7(16-12-13)9-10-3-1-4-11-9;2*1-2/h1,3-4,6H,2,5H2;2*1H3/p+1. The molecular formula is C11H15F2N4O2S+. The van der Waals surface area contributed by atoms with Gasteiger partial charge in [0.25, 0.3) is 0 Å². The monoisotopic (exact) mass is 305 g/mol. The van der Waals surface area contributed by atoms with E-state index in [0.717, 1.165) is 4.88 Å². The molecule has 6 nitrogen and oxygen atoms in total. The van der Waals surface area contributed by atoms with Crippen LogP contribution >= 0.6 is 11.5 Å². The van der Waals surface area contributed by atoms with Gasteiger partial charge >= 0.3 is 5.97 Å². The summed E-state index contributed by atoms with van der Waals surface area (Å²) in [5, 5.41) is 8.54. The highest BCUT2D eigenvalue weighted by Gasteiger charge is 2.14. The van der Waals surface area contributed by atoms with Crippen molar-refractivity contribution in [2.24, 2.45) is 0 Å². The Morgan fingerprint density at radius 3 is 2.45 bits per heavy atom. The van der Waals surface area contributed by atoms with Crippen LogP contribution in [0, 0.1) is 0 Å². The van der Waals surface area contributed by atoms with Crippen LogP contribution in [0.2, 0.25) is 0 Å². The third-order valence-electron chi connectivity index (χ3n) is 1.85. The summed E-state index contributed by atoms with van der Waals surface area (Å²) >= 11 is 1.25. The average molecular weight is 305 g/mol. The number of aliphatic carboxylic acids is 1. The number of aryl methyl sites for hydroxylation is 1. The molecule has 0 aliphatic carbocycles. The second-order valence-corrected chi connectivity index (χ2v) is 3.83. The number of carboxylic acid groups (broad SMARTS) is 1. The van der Waals surface area contributed by atoms with E-state index in [1.807, 2.05) is 0 Å². The van der Waals surface area contributed by atoms with Gasteiger partial charge in [-0.25, -0.2) is 9.97 Å². The number of rotatable bonds is 4. The van der Waals surface area contributed by atoms with E-state index in [4.69, 9.17) is 5.11 Å². The maximum absolute atomic E-state index is 10.4. The molecule has 0 bridgehead atoms. The molecule has 0 amide bonds. The van der Waals surface area contributed by atoms with Crippen LogP contribution in [0.25, 0.3) is 10.7 Å². The van der Waals surface area contributed by atoms with Crippen molar-refractivity contribution < 1.29 is 23.4 Å². The van der Waals surface area contributed by atoms with Gasteiger partial charge in [-0.2, -0.15) is 0 Å². The van der Waals surface area contributed by atoms with Crippen LogP contribution in [0.5, 0.6) is 0 Å². The molecule has 0 spiro atoms. The van der Waals surface area contributed by atoms with Crippen LogP contribution in [0.15, 0.2) is 24.7 Å². The Kier molecular flexibility index (Phi) is 9.75. The predicted molar refractivity (Wildman–Crippen MR) is 69.7 cm³/mol. The van der Waals surface area contributed by atoms with Gasteiger partial charge in [0.15, 0.2) is 17.2 Å². The molecule has 2 aromatic heterocycles. The second kappa shape index (κ2) is 10.9. The lowest BCUT2D eigenvalue weighted by atomic mass is 10.4. The minimum absolute atomic E-state index is 0.0590. The van der Waals surface area contributed by atoms with Gasteiger partial charge in [0.05, 0.1) is 18.8 Å². The van der Waals surface area contributed by atoms with Gasteiger partial charge in [-0.1, -0.05) is 4.68 Å². The molecule has 2 heterocycles. The smallest absolute Gasteiger partial charge is 0.309 e. The molecule has 1 N–H and O–H groups in total. The molecule has 0 aliphatic heterocycles. The summed E-state index contributed by atoms with van der Waals surface area (Å²) in [6, 6.07) is 1.74. The third kappa shape index (κ3) is 6.23. The van der Waals surface area contributed by atoms with E-state index in [0.29, 0.717) is 26.7 Å². The Hall–Kier alpha value is -2.03. The zero-order chi connectivity index (χ0) is 15.4. The zero-order valence-corrected chi connectivity index (χ0v) is 11.8. The van der Waals surface area contributed by atoms with Crippen molar-refractivity contribution in [3.63, 3.8) is 0 Å². The predicted octanol–water partition coefficient (Wildman–Crippen LogP) is 1.53. The second-order valence-electron chi connectivity index (χ2n) is 3.05. The van der Waals surface area contributed by atoms with E-state index in [1.165, 1.54) is 11.5 Å². The molecule has 0 fully saturated rings. The Bertz CT molecular complexity index is 496. The SMILES string of the molecule is CF.CF.O=C(O)CC[n+]1cc(-c2ncccn2)sn1. The van der Waals surface area contributed by atoms with Crippen LogP contribution in [-0.4, -0.2) is 39.9 Å². The Morgan fingerprint density at radius 1 is 1.30 bits per heavy atom. The van der Waals surface area contributed by atoms with E-state index in [1.54, 1.807) is 29.3 Å². The quantitative estimate of drug-likeness (QED) is 0.867. The number of nitrogens with zero attached hydrogens (tertiary/aromatic N) is 4. The fourth-order valence-electron chi connectivity index (χ4n) is 1.12. The topological polar surface area (TPSA) is 79.9 Å². The van der Waals surface area contributed by atoms with Gasteiger partial charge in [0.1, 0.15) is 6.42 Å². The van der Waals surface area contributed by atoms with Gasteiger partial charge in [0, 0.05) is 23.9 Å². The van der Waals surface area contributed by atoms with Crippen LogP contribution in [0.4, 0.5) is 8.78 Å². The molecule has 0 atom stereocenters. The van der Waals surface area contributed by atoms with Crippen LogP contribution in [0.1, 0.15) is 6.42 Å². The molecule has 0 aliphatic rings. The highest BCUT2D eigenvalue weighted by molar-refractivity contribution is 7.08. The first kappa shape index (κ1) is 18.0. The maximum atomic E-state index is 10.4. The fraction of sp³-hybridized carbons (Fsp3) is 0.364. The number of halogens is 2. The summed E-state index contributed by atoms with van der Waals surface area (Å²) in [4.78, 5) is 19.4. The summed E-state index contributed by atoms with van der Waals surface area (Å²) in [5.74, 6) is -0.230. The minimum atomic E-state index is -0.835. The number of hydrogen-bond acceptors (Lipinski definition) is 5. The zero-order valence-electron chi connectivity index (χ0n) is 11.0. The fourth-order valence-corrected chi connectivity index (χ4v) is 1.80. The van der Waals surface area contributed by atoms with Crippen LogP contribution in [0.3, 0.4) is 0 Å². The Labute approximate surface area is 118 Å². The number of carbonyl (C=O) groups is 1. The van der Waals surface area contributed by atoms with E-state index >= 15 is 0 Å². The minimum Gasteiger partial charge on any atom is -0.481 e. The lowest BCUT2D eigenvalue weighted by Crippen LogP contribution is -2.35. The van der Waals surface area contributed by atoms with E-state index < -0.39 is 5.97 Å². The van der Waals surface area contributed by atoms with E-state index in [2.05, 4.69) is 14.5 Å². The Balaban J connectivity index is 0.000000829. The van der Waals surface area contributed by atoms with Crippen LogP contribution < -0.4 is 4.68 Å². The number of hydrogen-bond donors (Lipinski definition) is 1. The van der Waals surface area contributed by atoms with Gasteiger partial charge in [0.2, 0.25) is 6.20 Å². The highest BCUT2D eigenvalue weighted by Crippen LogP contribution is 2.14. The van der Waals surface area contributed by atoms with Crippen molar-refractivity contribution in [2.75, 3.05) is 14.4 Å². The third-order valence-corrected chi connectivity index (χ3v) is 2.63. The van der Waals surface area contributed by atoms with Gasteiger partial charge in [-0.3, -0.25) is 13.6 Å². The van der Waals surface area contributed by atoms with Gasteiger partial charge < -0.3 is 5.11 Å². The number of aromatic nitrogens is 4. The summed E-state index contributed by atoms with van der Waals surface area (Å²) in [6.07, 6.45) is 5.12. The van der Waals surface area contributed by atoms with Crippen molar-refractivity contribution in [1.29, 1.82) is 0 Å². The molecule has 9 heteroatoms. The lowest BCUT2D eigenvalue weighted by molar-refractivity contribution is -0.745. The molecule has 20 heavy (non-hydrogen) atoms. The lowest BCUT2D eigenvalue weighted by Gasteiger charge is -1.88. The average Bonchev–Trinajstić information content (AvgIpc) is 2.99. The molecule has 0 radical (unpaired) electrons. The number of alkyl halides is 2. The Morgan fingerprint density at radius 2 is 1.90 bits per heavy atom.